The summed E-state index contributed by atoms with van der Waals surface area (Å²) in [7, 11) is 0. The van der Waals surface area contributed by atoms with E-state index < -0.39 is 6.04 Å². The lowest BCUT2D eigenvalue weighted by molar-refractivity contribution is -0.133. The fourth-order valence-corrected chi connectivity index (χ4v) is 3.88. The fourth-order valence-electron chi connectivity index (χ4n) is 3.88. The van der Waals surface area contributed by atoms with Crippen LogP contribution in [-0.4, -0.2) is 41.2 Å². The highest BCUT2D eigenvalue weighted by atomic mass is 16.2. The van der Waals surface area contributed by atoms with Crippen LogP contribution >= 0.6 is 0 Å². The van der Waals surface area contributed by atoms with Crippen molar-refractivity contribution in [1.29, 1.82) is 0 Å². The van der Waals surface area contributed by atoms with E-state index in [0.717, 1.165) is 35.9 Å². The van der Waals surface area contributed by atoms with Gasteiger partial charge in [0, 0.05) is 48.7 Å². The SMILES string of the molecule is O=C(c1c[nH]c2ccccc12)[C@H](NCCN1CCCCC1=O)c1ccccc1. The lowest BCUT2D eigenvalue weighted by Gasteiger charge is -2.27. The average Bonchev–Trinajstić information content (AvgIpc) is 3.17. The third-order valence-corrected chi connectivity index (χ3v) is 5.40. The first kappa shape index (κ1) is 18.4. The molecule has 1 atom stereocenters. The number of carbonyl (C=O) groups is 2. The van der Waals surface area contributed by atoms with Crippen LogP contribution in [0.5, 0.6) is 0 Å². The molecule has 2 aromatic carbocycles. The number of rotatable bonds is 7. The molecule has 0 spiro atoms. The maximum Gasteiger partial charge on any atom is 0.222 e. The number of benzene rings is 2. The summed E-state index contributed by atoms with van der Waals surface area (Å²) in [6.45, 7) is 2.02. The number of hydrogen-bond donors (Lipinski definition) is 2. The molecule has 1 aromatic heterocycles. The van der Waals surface area contributed by atoms with Crippen LogP contribution in [0.1, 0.15) is 41.2 Å². The molecule has 2 heterocycles. The van der Waals surface area contributed by atoms with Crippen molar-refractivity contribution >= 4 is 22.6 Å². The number of carbonyl (C=O) groups excluding carboxylic acids is 2. The van der Waals surface area contributed by atoms with Crippen molar-refractivity contribution in [3.05, 3.63) is 71.9 Å². The van der Waals surface area contributed by atoms with Gasteiger partial charge in [-0.3, -0.25) is 9.59 Å². The number of Topliss-reactive ketones (excluding diaryl/α,β-unsaturated/α-hetero) is 1. The van der Waals surface area contributed by atoms with Crippen molar-refractivity contribution in [2.24, 2.45) is 0 Å². The number of fused-ring (bicyclic) bond motifs is 1. The Morgan fingerprint density at radius 1 is 1.07 bits per heavy atom. The molecule has 0 aliphatic carbocycles. The van der Waals surface area contributed by atoms with Gasteiger partial charge in [-0.1, -0.05) is 48.5 Å². The standard InChI is InChI=1S/C23H25N3O2/c27-21-12-6-7-14-26(21)15-13-24-22(17-8-2-1-3-9-17)23(28)19-16-25-20-11-5-4-10-18(19)20/h1-5,8-11,16,22,24-25H,6-7,12-15H2/t22-/m1/s1. The van der Waals surface area contributed by atoms with E-state index >= 15 is 0 Å². The van der Waals surface area contributed by atoms with Gasteiger partial charge in [-0.15, -0.1) is 0 Å². The van der Waals surface area contributed by atoms with E-state index in [1.165, 1.54) is 0 Å². The molecule has 5 nitrogen and oxygen atoms in total. The summed E-state index contributed by atoms with van der Waals surface area (Å²) in [6, 6.07) is 17.2. The number of piperidine rings is 1. The predicted octanol–water partition coefficient (Wildman–Crippen LogP) is 3.69. The monoisotopic (exact) mass is 375 g/mol. The van der Waals surface area contributed by atoms with Crippen LogP contribution in [-0.2, 0) is 4.79 Å². The molecule has 5 heteroatoms. The van der Waals surface area contributed by atoms with Crippen LogP contribution in [0.4, 0.5) is 0 Å². The van der Waals surface area contributed by atoms with Crippen LogP contribution < -0.4 is 5.32 Å². The van der Waals surface area contributed by atoms with E-state index in [1.807, 2.05) is 59.5 Å². The van der Waals surface area contributed by atoms with E-state index in [1.54, 1.807) is 6.20 Å². The number of amides is 1. The summed E-state index contributed by atoms with van der Waals surface area (Å²) in [5.41, 5.74) is 2.57. The zero-order valence-corrected chi connectivity index (χ0v) is 15.9. The summed E-state index contributed by atoms with van der Waals surface area (Å²) < 4.78 is 0. The van der Waals surface area contributed by atoms with Crippen molar-refractivity contribution in [1.82, 2.24) is 15.2 Å². The van der Waals surface area contributed by atoms with E-state index in [2.05, 4.69) is 10.3 Å². The molecular weight excluding hydrogens is 350 g/mol. The smallest absolute Gasteiger partial charge is 0.222 e. The molecule has 0 saturated carbocycles. The van der Waals surface area contributed by atoms with Gasteiger partial charge < -0.3 is 15.2 Å². The van der Waals surface area contributed by atoms with Gasteiger partial charge in [0.25, 0.3) is 0 Å². The van der Waals surface area contributed by atoms with Gasteiger partial charge in [-0.2, -0.15) is 0 Å². The molecule has 4 rings (SSSR count). The average molecular weight is 375 g/mol. The second kappa shape index (κ2) is 8.40. The molecule has 1 aliphatic rings. The minimum Gasteiger partial charge on any atom is -0.360 e. The predicted molar refractivity (Wildman–Crippen MR) is 110 cm³/mol. The molecule has 2 N–H and O–H groups in total. The molecule has 3 aromatic rings. The molecule has 1 fully saturated rings. The van der Waals surface area contributed by atoms with Crippen LogP contribution in [0.3, 0.4) is 0 Å². The Kier molecular flexibility index (Phi) is 5.53. The Hall–Kier alpha value is -2.92. The largest absolute Gasteiger partial charge is 0.360 e. The van der Waals surface area contributed by atoms with Crippen LogP contribution in [0.2, 0.25) is 0 Å². The molecule has 28 heavy (non-hydrogen) atoms. The fraction of sp³-hybridized carbons (Fsp3) is 0.304. The van der Waals surface area contributed by atoms with Gasteiger partial charge in [0.2, 0.25) is 5.91 Å². The lowest BCUT2D eigenvalue weighted by Crippen LogP contribution is -2.41. The Balaban J connectivity index is 1.54. The third kappa shape index (κ3) is 3.85. The number of hydrogen-bond acceptors (Lipinski definition) is 3. The van der Waals surface area contributed by atoms with Crippen LogP contribution in [0.15, 0.2) is 60.8 Å². The molecule has 1 aliphatic heterocycles. The number of para-hydroxylation sites is 1. The van der Waals surface area contributed by atoms with Crippen molar-refractivity contribution in [3.63, 3.8) is 0 Å². The lowest BCUT2D eigenvalue weighted by atomic mass is 9.97. The second-order valence-electron chi connectivity index (χ2n) is 7.25. The Morgan fingerprint density at radius 2 is 1.86 bits per heavy atom. The van der Waals surface area contributed by atoms with Gasteiger partial charge in [-0.25, -0.2) is 0 Å². The zero-order valence-electron chi connectivity index (χ0n) is 15.9. The molecule has 144 valence electrons. The summed E-state index contributed by atoms with van der Waals surface area (Å²) in [5, 5.41) is 4.33. The highest BCUT2D eigenvalue weighted by molar-refractivity contribution is 6.10. The zero-order chi connectivity index (χ0) is 19.3. The minimum atomic E-state index is -0.444. The molecule has 1 saturated heterocycles. The van der Waals surface area contributed by atoms with Crippen LogP contribution in [0.25, 0.3) is 10.9 Å². The number of nitrogens with zero attached hydrogens (tertiary/aromatic N) is 1. The number of likely N-dealkylation sites (tertiary alicyclic amines) is 1. The minimum absolute atomic E-state index is 0.0358. The number of ketones is 1. The molecule has 0 radical (unpaired) electrons. The third-order valence-electron chi connectivity index (χ3n) is 5.40. The van der Waals surface area contributed by atoms with Crippen molar-refractivity contribution in [3.8, 4) is 0 Å². The van der Waals surface area contributed by atoms with Gasteiger partial charge in [-0.05, 0) is 24.5 Å². The Morgan fingerprint density at radius 3 is 2.68 bits per heavy atom. The summed E-state index contributed by atoms with van der Waals surface area (Å²) in [4.78, 5) is 30.5. The van der Waals surface area contributed by atoms with Gasteiger partial charge >= 0.3 is 0 Å². The number of nitrogens with one attached hydrogen (secondary N) is 2. The van der Waals surface area contributed by atoms with Crippen LogP contribution in [0, 0.1) is 0 Å². The van der Waals surface area contributed by atoms with E-state index in [4.69, 9.17) is 0 Å². The first-order valence-corrected chi connectivity index (χ1v) is 9.90. The van der Waals surface area contributed by atoms with Crippen molar-refractivity contribution in [2.75, 3.05) is 19.6 Å². The summed E-state index contributed by atoms with van der Waals surface area (Å²) in [5.74, 6) is 0.251. The molecular formula is C23H25N3O2. The molecule has 1 amide bonds. The summed E-state index contributed by atoms with van der Waals surface area (Å²) in [6.07, 6.45) is 4.46. The number of aromatic amines is 1. The second-order valence-corrected chi connectivity index (χ2v) is 7.25. The Labute approximate surface area is 164 Å². The van der Waals surface area contributed by atoms with Crippen molar-refractivity contribution < 1.29 is 9.59 Å². The van der Waals surface area contributed by atoms with E-state index in [9.17, 15) is 9.59 Å². The van der Waals surface area contributed by atoms with E-state index in [0.29, 0.717) is 25.1 Å². The Bertz CT molecular complexity index is 964. The van der Waals surface area contributed by atoms with Gasteiger partial charge in [0.15, 0.2) is 5.78 Å². The van der Waals surface area contributed by atoms with Gasteiger partial charge in [0.05, 0.1) is 6.04 Å². The van der Waals surface area contributed by atoms with Crippen molar-refractivity contribution in [2.45, 2.75) is 25.3 Å². The normalized spacial score (nSPS) is 15.7. The van der Waals surface area contributed by atoms with Gasteiger partial charge in [0.1, 0.15) is 0 Å². The number of H-pyrrole nitrogens is 1. The maximum absolute atomic E-state index is 13.4. The molecule has 0 unspecified atom stereocenters. The quantitative estimate of drug-likeness (QED) is 0.619. The maximum atomic E-state index is 13.4. The first-order valence-electron chi connectivity index (χ1n) is 9.90. The highest BCUT2D eigenvalue weighted by Gasteiger charge is 2.25. The topological polar surface area (TPSA) is 65.2 Å². The highest BCUT2D eigenvalue weighted by Crippen LogP contribution is 2.24. The molecule has 0 bridgehead atoms. The first-order chi connectivity index (χ1) is 13.7. The summed E-state index contributed by atoms with van der Waals surface area (Å²) >= 11 is 0. The number of aromatic nitrogens is 1. The van der Waals surface area contributed by atoms with E-state index in [-0.39, 0.29) is 11.7 Å².